The van der Waals surface area contributed by atoms with E-state index >= 15 is 0 Å². The first-order chi connectivity index (χ1) is 11.9. The lowest BCUT2D eigenvalue weighted by atomic mass is 10.2. The zero-order valence-electron chi connectivity index (χ0n) is 12.9. The fraction of sp³-hybridized carbons (Fsp3) is 0.0625. The zero-order valence-corrected chi connectivity index (χ0v) is 13.7. The maximum Gasteiger partial charge on any atom is 0.230 e. The number of halogens is 1. The van der Waals surface area contributed by atoms with Gasteiger partial charge in [0.05, 0.1) is 5.75 Å². The van der Waals surface area contributed by atoms with Crippen LogP contribution in [0.5, 0.6) is 0 Å². The largest absolute Gasteiger partial charge is 0.324 e. The van der Waals surface area contributed by atoms with Crippen molar-refractivity contribution in [1.29, 1.82) is 0 Å². The summed E-state index contributed by atoms with van der Waals surface area (Å²) in [5, 5.41) is 8.04. The smallest absolute Gasteiger partial charge is 0.230 e. The van der Waals surface area contributed by atoms with E-state index < -0.39 is 10.0 Å². The van der Waals surface area contributed by atoms with Crippen LogP contribution in [0.4, 0.5) is 16.0 Å². The highest BCUT2D eigenvalue weighted by molar-refractivity contribution is 7.88. The predicted molar refractivity (Wildman–Crippen MR) is 91.8 cm³/mol. The van der Waals surface area contributed by atoms with Gasteiger partial charge in [-0.05, 0) is 42.0 Å². The SMILES string of the molecule is NS(=O)(=O)Cc1cccc(Nc2ncnc(-c3ccc(F)cc3)n2)c1. The molecule has 0 saturated heterocycles. The van der Waals surface area contributed by atoms with E-state index in [0.29, 0.717) is 22.6 Å². The van der Waals surface area contributed by atoms with Crippen LogP contribution in [0.15, 0.2) is 54.9 Å². The maximum atomic E-state index is 13.0. The molecular weight excluding hydrogens is 345 g/mol. The first kappa shape index (κ1) is 16.9. The van der Waals surface area contributed by atoms with Gasteiger partial charge in [-0.1, -0.05) is 12.1 Å². The quantitative estimate of drug-likeness (QED) is 0.722. The van der Waals surface area contributed by atoms with Crippen molar-refractivity contribution in [3.8, 4) is 11.4 Å². The molecular formula is C16H14FN5O2S. The molecule has 0 bridgehead atoms. The van der Waals surface area contributed by atoms with E-state index in [1.54, 1.807) is 36.4 Å². The predicted octanol–water partition coefficient (Wildman–Crippen LogP) is 2.21. The lowest BCUT2D eigenvalue weighted by Crippen LogP contribution is -2.14. The van der Waals surface area contributed by atoms with Crippen molar-refractivity contribution in [1.82, 2.24) is 15.0 Å². The van der Waals surface area contributed by atoms with E-state index in [-0.39, 0.29) is 17.5 Å². The Bertz CT molecular complexity index is 993. The standard InChI is InChI=1S/C16H14FN5O2S/c17-13-6-4-12(5-7-13)15-19-10-20-16(22-15)21-14-3-1-2-11(8-14)9-25(18,23)24/h1-8,10H,9H2,(H2,18,23,24)(H,19,20,21,22). The van der Waals surface area contributed by atoms with Gasteiger partial charge in [-0.25, -0.2) is 27.9 Å². The van der Waals surface area contributed by atoms with Gasteiger partial charge in [-0.3, -0.25) is 0 Å². The van der Waals surface area contributed by atoms with E-state index in [9.17, 15) is 12.8 Å². The van der Waals surface area contributed by atoms with Crippen molar-refractivity contribution < 1.29 is 12.8 Å². The Morgan fingerprint density at radius 1 is 1.08 bits per heavy atom. The first-order valence-electron chi connectivity index (χ1n) is 7.20. The van der Waals surface area contributed by atoms with Crippen LogP contribution < -0.4 is 10.5 Å². The zero-order chi connectivity index (χ0) is 17.9. The third-order valence-electron chi connectivity index (χ3n) is 3.23. The van der Waals surface area contributed by atoms with Crippen LogP contribution >= 0.6 is 0 Å². The Hall–Kier alpha value is -2.91. The molecule has 0 unspecified atom stereocenters. The summed E-state index contributed by atoms with van der Waals surface area (Å²) in [4.78, 5) is 12.4. The van der Waals surface area contributed by atoms with Crippen molar-refractivity contribution in [2.75, 3.05) is 5.32 Å². The van der Waals surface area contributed by atoms with Crippen molar-refractivity contribution in [2.45, 2.75) is 5.75 Å². The third-order valence-corrected chi connectivity index (χ3v) is 3.96. The summed E-state index contributed by atoms with van der Waals surface area (Å²) in [5.74, 6) is 0.0590. The van der Waals surface area contributed by atoms with Crippen molar-refractivity contribution in [3.05, 3.63) is 66.2 Å². The Kier molecular flexibility index (Phi) is 4.68. The molecule has 0 spiro atoms. The van der Waals surface area contributed by atoms with E-state index in [1.807, 2.05) is 0 Å². The van der Waals surface area contributed by atoms with E-state index in [0.717, 1.165) is 0 Å². The van der Waals surface area contributed by atoms with Gasteiger partial charge in [0, 0.05) is 11.3 Å². The minimum Gasteiger partial charge on any atom is -0.324 e. The topological polar surface area (TPSA) is 111 Å². The van der Waals surface area contributed by atoms with Crippen LogP contribution in [-0.2, 0) is 15.8 Å². The van der Waals surface area contributed by atoms with Crippen LogP contribution in [0, 0.1) is 5.82 Å². The van der Waals surface area contributed by atoms with Crippen LogP contribution in [0.1, 0.15) is 5.56 Å². The normalized spacial score (nSPS) is 11.3. The van der Waals surface area contributed by atoms with E-state index in [4.69, 9.17) is 5.14 Å². The summed E-state index contributed by atoms with van der Waals surface area (Å²) in [6.07, 6.45) is 1.34. The highest BCUT2D eigenvalue weighted by Crippen LogP contribution is 2.19. The Balaban J connectivity index is 1.83. The average Bonchev–Trinajstić information content (AvgIpc) is 2.54. The second-order valence-corrected chi connectivity index (χ2v) is 6.89. The molecule has 0 aliphatic carbocycles. The molecule has 1 aromatic heterocycles. The summed E-state index contributed by atoms with van der Waals surface area (Å²) >= 11 is 0. The van der Waals surface area contributed by atoms with Gasteiger partial charge in [-0.2, -0.15) is 4.98 Å². The van der Waals surface area contributed by atoms with Gasteiger partial charge in [0.25, 0.3) is 0 Å². The highest BCUT2D eigenvalue weighted by Gasteiger charge is 2.07. The van der Waals surface area contributed by atoms with Crippen molar-refractivity contribution in [2.24, 2.45) is 5.14 Å². The monoisotopic (exact) mass is 359 g/mol. The van der Waals surface area contributed by atoms with Gasteiger partial charge in [-0.15, -0.1) is 0 Å². The van der Waals surface area contributed by atoms with E-state index in [2.05, 4.69) is 20.3 Å². The molecule has 1 heterocycles. The number of nitrogens with two attached hydrogens (primary N) is 1. The molecule has 3 rings (SSSR count). The number of hydrogen-bond acceptors (Lipinski definition) is 6. The minimum absolute atomic E-state index is 0.263. The van der Waals surface area contributed by atoms with Crippen molar-refractivity contribution >= 4 is 21.7 Å². The molecule has 0 atom stereocenters. The number of nitrogens with one attached hydrogen (secondary N) is 1. The molecule has 3 aromatic rings. The fourth-order valence-electron chi connectivity index (χ4n) is 2.19. The van der Waals surface area contributed by atoms with Crippen LogP contribution in [0.2, 0.25) is 0 Å². The molecule has 128 valence electrons. The van der Waals surface area contributed by atoms with Crippen LogP contribution in [0.25, 0.3) is 11.4 Å². The van der Waals surface area contributed by atoms with Gasteiger partial charge in [0.15, 0.2) is 5.82 Å². The number of aromatic nitrogens is 3. The summed E-state index contributed by atoms with van der Waals surface area (Å²) in [6.45, 7) is 0. The molecule has 9 heteroatoms. The number of sulfonamides is 1. The Labute approximate surface area is 143 Å². The van der Waals surface area contributed by atoms with Gasteiger partial charge >= 0.3 is 0 Å². The molecule has 3 N–H and O–H groups in total. The number of hydrogen-bond donors (Lipinski definition) is 2. The Morgan fingerprint density at radius 2 is 1.84 bits per heavy atom. The van der Waals surface area contributed by atoms with Gasteiger partial charge < -0.3 is 5.32 Å². The number of nitrogens with zero attached hydrogens (tertiary/aromatic N) is 3. The molecule has 2 aromatic carbocycles. The molecule has 25 heavy (non-hydrogen) atoms. The van der Waals surface area contributed by atoms with E-state index in [1.165, 1.54) is 18.5 Å². The van der Waals surface area contributed by atoms with Gasteiger partial charge in [0.2, 0.25) is 16.0 Å². The summed E-state index contributed by atoms with van der Waals surface area (Å²) in [6, 6.07) is 12.5. The summed E-state index contributed by atoms with van der Waals surface area (Å²) < 4.78 is 35.4. The first-order valence-corrected chi connectivity index (χ1v) is 8.92. The number of rotatable bonds is 5. The molecule has 7 nitrogen and oxygen atoms in total. The molecule has 0 saturated carbocycles. The lowest BCUT2D eigenvalue weighted by molar-refractivity contribution is 0.597. The highest BCUT2D eigenvalue weighted by atomic mass is 32.2. The second kappa shape index (κ2) is 6.91. The molecule has 0 amide bonds. The molecule has 0 fully saturated rings. The lowest BCUT2D eigenvalue weighted by Gasteiger charge is -2.07. The van der Waals surface area contributed by atoms with Crippen LogP contribution in [0.3, 0.4) is 0 Å². The summed E-state index contributed by atoms with van der Waals surface area (Å²) in [7, 11) is -3.61. The van der Waals surface area contributed by atoms with Gasteiger partial charge in [0.1, 0.15) is 12.1 Å². The molecule has 0 aliphatic heterocycles. The molecule has 0 aliphatic rings. The van der Waals surface area contributed by atoms with Crippen molar-refractivity contribution in [3.63, 3.8) is 0 Å². The summed E-state index contributed by atoms with van der Waals surface area (Å²) in [5.41, 5.74) is 1.80. The average molecular weight is 359 g/mol. The number of anilines is 2. The number of primary sulfonamides is 1. The minimum atomic E-state index is -3.61. The Morgan fingerprint density at radius 3 is 2.56 bits per heavy atom. The fourth-order valence-corrected chi connectivity index (χ4v) is 2.84. The second-order valence-electron chi connectivity index (χ2n) is 5.27. The maximum absolute atomic E-state index is 13.0. The number of benzene rings is 2. The third kappa shape index (κ3) is 4.78. The molecule has 0 radical (unpaired) electrons. The van der Waals surface area contributed by atoms with Crippen LogP contribution in [-0.4, -0.2) is 23.4 Å².